The Morgan fingerprint density at radius 3 is 3.00 bits per heavy atom. The number of hydrogen-bond donors (Lipinski definition) is 0. The molecule has 20 heavy (non-hydrogen) atoms. The van der Waals surface area contributed by atoms with E-state index in [1.165, 1.54) is 31.9 Å². The lowest BCUT2D eigenvalue weighted by atomic mass is 9.97. The van der Waals surface area contributed by atoms with Crippen LogP contribution in [-0.4, -0.2) is 41.5 Å². The smallest absolute Gasteiger partial charge is 0.137 e. The first-order valence-corrected chi connectivity index (χ1v) is 8.35. The quantitative estimate of drug-likeness (QED) is 0.810. The lowest BCUT2D eigenvalue weighted by molar-refractivity contribution is 0.0109. The van der Waals surface area contributed by atoms with Crippen LogP contribution in [0.2, 0.25) is 0 Å². The molecule has 2 unspecified atom stereocenters. The standard InChI is InChI=1S/C16H22BrFN2/c1-12-9-19-8-3-2-6-14(19)11-20(12)10-13-5-4-7-15(18)16(13)17/h4-5,7,12,14H,2-3,6,8-11H2,1H3. The summed E-state index contributed by atoms with van der Waals surface area (Å²) in [5, 5.41) is 0. The van der Waals surface area contributed by atoms with Crippen LogP contribution in [0.15, 0.2) is 22.7 Å². The first-order chi connectivity index (χ1) is 9.65. The van der Waals surface area contributed by atoms with Gasteiger partial charge in [-0.05, 0) is 53.9 Å². The molecule has 0 aliphatic carbocycles. The van der Waals surface area contributed by atoms with Gasteiger partial charge in [0, 0.05) is 31.7 Å². The van der Waals surface area contributed by atoms with E-state index in [4.69, 9.17) is 0 Å². The molecule has 2 nitrogen and oxygen atoms in total. The summed E-state index contributed by atoms with van der Waals surface area (Å²) < 4.78 is 14.2. The Hall–Kier alpha value is -0.450. The van der Waals surface area contributed by atoms with E-state index in [2.05, 4.69) is 32.7 Å². The van der Waals surface area contributed by atoms with E-state index < -0.39 is 0 Å². The molecule has 0 spiro atoms. The van der Waals surface area contributed by atoms with Crippen LogP contribution >= 0.6 is 15.9 Å². The Morgan fingerprint density at radius 1 is 1.30 bits per heavy atom. The molecule has 0 amide bonds. The average molecular weight is 341 g/mol. The molecule has 2 saturated heterocycles. The summed E-state index contributed by atoms with van der Waals surface area (Å²) >= 11 is 3.38. The maximum Gasteiger partial charge on any atom is 0.137 e. The molecule has 2 atom stereocenters. The van der Waals surface area contributed by atoms with Crippen molar-refractivity contribution in [2.45, 2.75) is 44.8 Å². The number of hydrogen-bond acceptors (Lipinski definition) is 2. The van der Waals surface area contributed by atoms with Crippen LogP contribution in [0.3, 0.4) is 0 Å². The SMILES string of the molecule is CC1CN2CCCCC2CN1Cc1cccc(F)c1Br. The van der Waals surface area contributed by atoms with E-state index in [9.17, 15) is 4.39 Å². The maximum absolute atomic E-state index is 13.6. The molecule has 4 heteroatoms. The molecule has 1 aromatic carbocycles. The topological polar surface area (TPSA) is 6.48 Å². The first-order valence-electron chi connectivity index (χ1n) is 7.56. The number of benzene rings is 1. The Morgan fingerprint density at radius 2 is 2.15 bits per heavy atom. The van der Waals surface area contributed by atoms with Crippen molar-refractivity contribution < 1.29 is 4.39 Å². The number of halogens is 2. The zero-order valence-electron chi connectivity index (χ0n) is 12.0. The fourth-order valence-corrected chi connectivity index (χ4v) is 3.91. The predicted octanol–water partition coefficient (Wildman–Crippen LogP) is 3.65. The fourth-order valence-electron chi connectivity index (χ4n) is 3.52. The second kappa shape index (κ2) is 6.12. The van der Waals surface area contributed by atoms with Gasteiger partial charge >= 0.3 is 0 Å². The van der Waals surface area contributed by atoms with Crippen LogP contribution in [0.4, 0.5) is 4.39 Å². The van der Waals surface area contributed by atoms with Gasteiger partial charge in [-0.15, -0.1) is 0 Å². The molecule has 2 aliphatic rings. The molecule has 0 bridgehead atoms. The molecule has 0 N–H and O–H groups in total. The minimum Gasteiger partial charge on any atom is -0.298 e. The van der Waals surface area contributed by atoms with Crippen LogP contribution in [0.5, 0.6) is 0 Å². The number of piperidine rings is 1. The molecule has 2 aliphatic heterocycles. The van der Waals surface area contributed by atoms with E-state index >= 15 is 0 Å². The van der Waals surface area contributed by atoms with Crippen molar-refractivity contribution in [2.75, 3.05) is 19.6 Å². The van der Waals surface area contributed by atoms with Gasteiger partial charge in [-0.3, -0.25) is 9.80 Å². The van der Waals surface area contributed by atoms with E-state index in [0.29, 0.717) is 16.6 Å². The van der Waals surface area contributed by atoms with Crippen molar-refractivity contribution in [3.8, 4) is 0 Å². The van der Waals surface area contributed by atoms with Crippen LogP contribution < -0.4 is 0 Å². The summed E-state index contributed by atoms with van der Waals surface area (Å²) in [4.78, 5) is 5.15. The normalized spacial score (nSPS) is 28.4. The van der Waals surface area contributed by atoms with Crippen molar-refractivity contribution in [2.24, 2.45) is 0 Å². The fraction of sp³-hybridized carbons (Fsp3) is 0.625. The van der Waals surface area contributed by atoms with Crippen LogP contribution in [0, 0.1) is 5.82 Å². The number of nitrogens with zero attached hydrogens (tertiary/aromatic N) is 2. The predicted molar refractivity (Wildman–Crippen MR) is 83.2 cm³/mol. The van der Waals surface area contributed by atoms with Crippen molar-refractivity contribution in [1.82, 2.24) is 9.80 Å². The molecule has 2 fully saturated rings. The molecule has 0 radical (unpaired) electrons. The van der Waals surface area contributed by atoms with Gasteiger partial charge in [-0.2, -0.15) is 0 Å². The Bertz CT molecular complexity index is 480. The Balaban J connectivity index is 1.72. The first kappa shape index (κ1) is 14.5. The third kappa shape index (κ3) is 2.92. The molecule has 2 heterocycles. The highest BCUT2D eigenvalue weighted by molar-refractivity contribution is 9.10. The van der Waals surface area contributed by atoms with Crippen molar-refractivity contribution in [3.05, 3.63) is 34.1 Å². The maximum atomic E-state index is 13.6. The summed E-state index contributed by atoms with van der Waals surface area (Å²) in [6, 6.07) is 6.58. The largest absolute Gasteiger partial charge is 0.298 e. The van der Waals surface area contributed by atoms with Crippen molar-refractivity contribution >= 4 is 15.9 Å². The lowest BCUT2D eigenvalue weighted by Crippen LogP contribution is -2.58. The van der Waals surface area contributed by atoms with Gasteiger partial charge < -0.3 is 0 Å². The van der Waals surface area contributed by atoms with Crippen LogP contribution in [0.25, 0.3) is 0 Å². The van der Waals surface area contributed by atoms with Gasteiger partial charge in [0.15, 0.2) is 0 Å². The molecular weight excluding hydrogens is 319 g/mol. The molecule has 110 valence electrons. The second-order valence-electron chi connectivity index (χ2n) is 6.14. The highest BCUT2D eigenvalue weighted by Crippen LogP contribution is 2.27. The van der Waals surface area contributed by atoms with Crippen LogP contribution in [-0.2, 0) is 6.54 Å². The van der Waals surface area contributed by atoms with Crippen molar-refractivity contribution in [1.29, 1.82) is 0 Å². The van der Waals surface area contributed by atoms with Gasteiger partial charge in [-0.25, -0.2) is 4.39 Å². The number of rotatable bonds is 2. The summed E-state index contributed by atoms with van der Waals surface area (Å²) in [6.07, 6.45) is 4.01. The van der Waals surface area contributed by atoms with E-state index in [0.717, 1.165) is 25.2 Å². The highest BCUT2D eigenvalue weighted by atomic mass is 79.9. The van der Waals surface area contributed by atoms with Crippen molar-refractivity contribution in [3.63, 3.8) is 0 Å². The number of fused-ring (bicyclic) bond motifs is 1. The summed E-state index contributed by atoms with van der Waals surface area (Å²) in [5.74, 6) is -0.161. The Kier molecular flexibility index (Phi) is 4.43. The summed E-state index contributed by atoms with van der Waals surface area (Å²) in [5.41, 5.74) is 1.06. The van der Waals surface area contributed by atoms with Gasteiger partial charge in [0.1, 0.15) is 5.82 Å². The summed E-state index contributed by atoms with van der Waals surface area (Å²) in [6.45, 7) is 6.65. The van der Waals surface area contributed by atoms with Gasteiger partial charge in [0.05, 0.1) is 4.47 Å². The third-order valence-corrected chi connectivity index (χ3v) is 5.61. The highest BCUT2D eigenvalue weighted by Gasteiger charge is 2.32. The zero-order valence-corrected chi connectivity index (χ0v) is 13.6. The Labute approximate surface area is 129 Å². The second-order valence-corrected chi connectivity index (χ2v) is 6.93. The average Bonchev–Trinajstić information content (AvgIpc) is 2.44. The van der Waals surface area contributed by atoms with E-state index in [1.807, 2.05) is 6.07 Å². The lowest BCUT2D eigenvalue weighted by Gasteiger charge is -2.47. The third-order valence-electron chi connectivity index (χ3n) is 4.72. The van der Waals surface area contributed by atoms with Crippen LogP contribution in [0.1, 0.15) is 31.7 Å². The monoisotopic (exact) mass is 340 g/mol. The minimum atomic E-state index is -0.161. The number of piperazine rings is 1. The van der Waals surface area contributed by atoms with Gasteiger partial charge in [0.2, 0.25) is 0 Å². The van der Waals surface area contributed by atoms with E-state index in [-0.39, 0.29) is 5.82 Å². The molecule has 1 aromatic rings. The molecule has 3 rings (SSSR count). The molecular formula is C16H22BrFN2. The molecule has 0 saturated carbocycles. The van der Waals surface area contributed by atoms with Gasteiger partial charge in [0.25, 0.3) is 0 Å². The summed E-state index contributed by atoms with van der Waals surface area (Å²) in [7, 11) is 0. The minimum absolute atomic E-state index is 0.161. The molecule has 0 aromatic heterocycles. The zero-order chi connectivity index (χ0) is 14.1. The van der Waals surface area contributed by atoms with Gasteiger partial charge in [-0.1, -0.05) is 18.6 Å². The van der Waals surface area contributed by atoms with E-state index in [1.54, 1.807) is 6.07 Å².